The molecule has 0 aromatic heterocycles. The largest absolute Gasteiger partial charge is 0.494 e. The Morgan fingerprint density at radius 3 is 2.27 bits per heavy atom. The molecule has 1 aromatic rings. The molecule has 1 saturated carbocycles. The Morgan fingerprint density at radius 1 is 1.20 bits per heavy atom. The zero-order valence-electron chi connectivity index (χ0n) is 9.45. The molecule has 1 aliphatic rings. The molecule has 0 bridgehead atoms. The quantitative estimate of drug-likeness (QED) is 0.753. The average molecular weight is 206 g/mol. The highest BCUT2D eigenvalue weighted by atomic mass is 16.5. The second kappa shape index (κ2) is 4.23. The zero-order valence-corrected chi connectivity index (χ0v) is 9.45. The minimum atomic E-state index is -0.00918. The van der Waals surface area contributed by atoms with Crippen molar-refractivity contribution in [1.29, 1.82) is 0 Å². The second-order valence-electron chi connectivity index (χ2n) is 4.01. The highest BCUT2D eigenvalue weighted by Crippen LogP contribution is 2.44. The van der Waals surface area contributed by atoms with Gasteiger partial charge < -0.3 is 9.47 Å². The van der Waals surface area contributed by atoms with Crippen LogP contribution in [0.1, 0.15) is 31.7 Å². The van der Waals surface area contributed by atoms with Gasteiger partial charge in [-0.15, -0.1) is 0 Å². The Morgan fingerprint density at radius 2 is 1.87 bits per heavy atom. The molecular weight excluding hydrogens is 188 g/mol. The minimum Gasteiger partial charge on any atom is -0.494 e. The number of ether oxygens (including phenoxy) is 2. The van der Waals surface area contributed by atoms with E-state index in [1.165, 1.54) is 12.0 Å². The van der Waals surface area contributed by atoms with E-state index in [0.29, 0.717) is 0 Å². The van der Waals surface area contributed by atoms with Crippen LogP contribution >= 0.6 is 0 Å². The molecule has 2 rings (SSSR count). The molecular formula is C13H18O2. The van der Waals surface area contributed by atoms with Gasteiger partial charge in [0.2, 0.25) is 0 Å². The maximum absolute atomic E-state index is 5.62. The Kier molecular flexibility index (Phi) is 2.96. The average Bonchev–Trinajstić information content (AvgIpc) is 2.20. The van der Waals surface area contributed by atoms with Crippen molar-refractivity contribution >= 4 is 0 Å². The Hall–Kier alpha value is -1.02. The van der Waals surface area contributed by atoms with Crippen LogP contribution in [-0.4, -0.2) is 13.7 Å². The van der Waals surface area contributed by atoms with Crippen LogP contribution < -0.4 is 4.74 Å². The molecule has 1 aromatic carbocycles. The summed E-state index contributed by atoms with van der Waals surface area (Å²) in [6, 6.07) is 8.29. The topological polar surface area (TPSA) is 18.5 Å². The molecule has 1 aliphatic carbocycles. The number of rotatable bonds is 4. The van der Waals surface area contributed by atoms with Gasteiger partial charge in [0.15, 0.2) is 0 Å². The van der Waals surface area contributed by atoms with Gasteiger partial charge in [-0.25, -0.2) is 0 Å². The van der Waals surface area contributed by atoms with E-state index in [9.17, 15) is 0 Å². The first-order valence-electron chi connectivity index (χ1n) is 5.59. The molecule has 1 fully saturated rings. The van der Waals surface area contributed by atoms with Gasteiger partial charge in [0.25, 0.3) is 0 Å². The predicted octanol–water partition coefficient (Wildman–Crippen LogP) is 3.11. The molecule has 0 amide bonds. The van der Waals surface area contributed by atoms with Gasteiger partial charge in [0.05, 0.1) is 12.2 Å². The molecule has 2 heteroatoms. The summed E-state index contributed by atoms with van der Waals surface area (Å²) >= 11 is 0. The van der Waals surface area contributed by atoms with Gasteiger partial charge in [0.1, 0.15) is 5.75 Å². The molecule has 2 nitrogen and oxygen atoms in total. The highest BCUT2D eigenvalue weighted by molar-refractivity contribution is 5.32. The van der Waals surface area contributed by atoms with Crippen LogP contribution in [0.4, 0.5) is 0 Å². The van der Waals surface area contributed by atoms with Gasteiger partial charge in [-0.3, -0.25) is 0 Å². The first-order chi connectivity index (χ1) is 7.30. The SMILES string of the molecule is CCOc1ccc(C2(OC)CCC2)cc1. The second-order valence-corrected chi connectivity index (χ2v) is 4.01. The smallest absolute Gasteiger partial charge is 0.119 e. The third-order valence-electron chi connectivity index (χ3n) is 3.24. The van der Waals surface area contributed by atoms with Crippen molar-refractivity contribution in [2.24, 2.45) is 0 Å². The van der Waals surface area contributed by atoms with Gasteiger partial charge in [-0.2, -0.15) is 0 Å². The van der Waals surface area contributed by atoms with Gasteiger partial charge in [-0.1, -0.05) is 12.1 Å². The highest BCUT2D eigenvalue weighted by Gasteiger charge is 2.38. The van der Waals surface area contributed by atoms with Crippen molar-refractivity contribution < 1.29 is 9.47 Å². The van der Waals surface area contributed by atoms with Crippen molar-refractivity contribution in [1.82, 2.24) is 0 Å². The first-order valence-corrected chi connectivity index (χ1v) is 5.59. The van der Waals surface area contributed by atoms with E-state index in [1.807, 2.05) is 19.1 Å². The van der Waals surface area contributed by atoms with Crippen LogP contribution in [0.5, 0.6) is 5.75 Å². The lowest BCUT2D eigenvalue weighted by atomic mass is 9.75. The molecule has 0 atom stereocenters. The van der Waals surface area contributed by atoms with Crippen molar-refractivity contribution in [2.45, 2.75) is 31.8 Å². The summed E-state index contributed by atoms with van der Waals surface area (Å²) < 4.78 is 11.0. The van der Waals surface area contributed by atoms with Gasteiger partial charge in [0, 0.05) is 7.11 Å². The maximum atomic E-state index is 5.62. The fraction of sp³-hybridized carbons (Fsp3) is 0.538. The summed E-state index contributed by atoms with van der Waals surface area (Å²) in [6.45, 7) is 2.71. The van der Waals surface area contributed by atoms with E-state index < -0.39 is 0 Å². The number of hydrogen-bond acceptors (Lipinski definition) is 2. The molecule has 0 saturated heterocycles. The van der Waals surface area contributed by atoms with Crippen LogP contribution in [0.2, 0.25) is 0 Å². The lowest BCUT2D eigenvalue weighted by Gasteiger charge is -2.41. The molecule has 0 heterocycles. The van der Waals surface area contributed by atoms with Crippen LogP contribution in [0.15, 0.2) is 24.3 Å². The standard InChI is InChI=1S/C13H18O2/c1-3-15-12-7-5-11(6-8-12)13(14-2)9-4-10-13/h5-8H,3-4,9-10H2,1-2H3. The molecule has 0 N–H and O–H groups in total. The minimum absolute atomic E-state index is 0.00918. The third kappa shape index (κ3) is 1.86. The van der Waals surface area contributed by atoms with E-state index in [1.54, 1.807) is 7.11 Å². The van der Waals surface area contributed by atoms with E-state index >= 15 is 0 Å². The van der Waals surface area contributed by atoms with Crippen LogP contribution in [0.25, 0.3) is 0 Å². The fourth-order valence-corrected chi connectivity index (χ4v) is 2.13. The van der Waals surface area contributed by atoms with Crippen molar-refractivity contribution in [2.75, 3.05) is 13.7 Å². The summed E-state index contributed by atoms with van der Waals surface area (Å²) in [5.41, 5.74) is 1.27. The van der Waals surface area contributed by atoms with E-state index in [0.717, 1.165) is 25.2 Å². The maximum Gasteiger partial charge on any atom is 0.119 e. The van der Waals surface area contributed by atoms with Gasteiger partial charge in [-0.05, 0) is 43.9 Å². The number of hydrogen-bond donors (Lipinski definition) is 0. The Balaban J connectivity index is 2.15. The Bertz CT molecular complexity index is 306. The molecule has 15 heavy (non-hydrogen) atoms. The van der Waals surface area contributed by atoms with E-state index in [2.05, 4.69) is 12.1 Å². The molecule has 0 radical (unpaired) electrons. The van der Waals surface area contributed by atoms with Crippen molar-refractivity contribution in [3.63, 3.8) is 0 Å². The van der Waals surface area contributed by atoms with Crippen LogP contribution in [0.3, 0.4) is 0 Å². The first kappa shape index (κ1) is 10.5. The lowest BCUT2D eigenvalue weighted by Crippen LogP contribution is -2.35. The van der Waals surface area contributed by atoms with Crippen molar-refractivity contribution in [3.8, 4) is 5.75 Å². The fourth-order valence-electron chi connectivity index (χ4n) is 2.13. The summed E-state index contributed by atoms with van der Waals surface area (Å²) in [7, 11) is 1.80. The lowest BCUT2D eigenvalue weighted by molar-refractivity contribution is -0.0778. The summed E-state index contributed by atoms with van der Waals surface area (Å²) in [4.78, 5) is 0. The van der Waals surface area contributed by atoms with E-state index in [-0.39, 0.29) is 5.60 Å². The number of benzene rings is 1. The summed E-state index contributed by atoms with van der Waals surface area (Å²) in [6.07, 6.45) is 3.54. The third-order valence-corrected chi connectivity index (χ3v) is 3.24. The van der Waals surface area contributed by atoms with Gasteiger partial charge >= 0.3 is 0 Å². The monoisotopic (exact) mass is 206 g/mol. The molecule has 0 aliphatic heterocycles. The van der Waals surface area contributed by atoms with Crippen molar-refractivity contribution in [3.05, 3.63) is 29.8 Å². The van der Waals surface area contributed by atoms with Crippen LogP contribution in [0, 0.1) is 0 Å². The number of methoxy groups -OCH3 is 1. The molecule has 82 valence electrons. The summed E-state index contributed by atoms with van der Waals surface area (Å²) in [5.74, 6) is 0.937. The summed E-state index contributed by atoms with van der Waals surface area (Å²) in [5, 5.41) is 0. The van der Waals surface area contributed by atoms with E-state index in [4.69, 9.17) is 9.47 Å². The zero-order chi connectivity index (χ0) is 10.7. The predicted molar refractivity (Wildman–Crippen MR) is 60.1 cm³/mol. The Labute approximate surface area is 91.2 Å². The van der Waals surface area contributed by atoms with Crippen LogP contribution in [-0.2, 0) is 10.3 Å². The normalized spacial score (nSPS) is 18.3. The molecule has 0 spiro atoms. The molecule has 0 unspecified atom stereocenters.